The van der Waals surface area contributed by atoms with E-state index in [1.807, 2.05) is 0 Å². The predicted molar refractivity (Wildman–Crippen MR) is 162 cm³/mol. The van der Waals surface area contributed by atoms with Gasteiger partial charge < -0.3 is 9.80 Å². The van der Waals surface area contributed by atoms with Crippen LogP contribution in [0, 0.1) is 37.3 Å². The summed E-state index contributed by atoms with van der Waals surface area (Å²) in [5.41, 5.74) is 1.03. The van der Waals surface area contributed by atoms with E-state index in [9.17, 15) is 20.2 Å². The van der Waals surface area contributed by atoms with Crippen LogP contribution in [0.15, 0.2) is 48.5 Å². The number of nitro benzene ring substituents is 2. The van der Waals surface area contributed by atoms with Crippen LogP contribution < -0.4 is 9.80 Å². The van der Waals surface area contributed by atoms with Gasteiger partial charge in [0, 0.05) is 30.9 Å². The maximum Gasteiger partial charge on any atom is 0.288 e. The van der Waals surface area contributed by atoms with Crippen molar-refractivity contribution >= 4 is 46.0 Å². The Hall–Kier alpha value is -3.50. The van der Waals surface area contributed by atoms with Crippen LogP contribution >= 0.6 is 23.2 Å². The fourth-order valence-corrected chi connectivity index (χ4v) is 7.79. The molecule has 2 unspecified atom stereocenters. The first-order chi connectivity index (χ1) is 20.6. The lowest BCUT2D eigenvalue weighted by atomic mass is 9.77. The van der Waals surface area contributed by atoms with E-state index in [1.165, 1.54) is 62.1 Å². The van der Waals surface area contributed by atoms with E-state index in [2.05, 4.69) is 0 Å². The lowest BCUT2D eigenvalue weighted by Gasteiger charge is -2.41. The lowest BCUT2D eigenvalue weighted by molar-refractivity contribution is -0.384. The van der Waals surface area contributed by atoms with Gasteiger partial charge in [0.05, 0.1) is 21.9 Å². The normalized spacial score (nSPS) is 21.5. The number of halogens is 4. The van der Waals surface area contributed by atoms with E-state index in [4.69, 9.17) is 23.2 Å². The molecule has 1 saturated carbocycles. The first-order valence-corrected chi connectivity index (χ1v) is 15.2. The molecule has 3 aliphatic rings. The molecule has 0 bridgehead atoms. The number of hydrogen-bond acceptors (Lipinski definition) is 6. The maximum absolute atomic E-state index is 15.9. The van der Waals surface area contributed by atoms with Crippen molar-refractivity contribution < 1.29 is 18.6 Å². The summed E-state index contributed by atoms with van der Waals surface area (Å²) in [6.07, 6.45) is 7.54. The maximum atomic E-state index is 15.9. The molecule has 6 rings (SSSR count). The van der Waals surface area contributed by atoms with Crippen molar-refractivity contribution in [2.24, 2.45) is 5.41 Å². The highest BCUT2D eigenvalue weighted by atomic mass is 35.5. The first-order valence-electron chi connectivity index (χ1n) is 14.5. The summed E-state index contributed by atoms with van der Waals surface area (Å²) in [5.74, 6) is -1.38. The Morgan fingerprint density at radius 2 is 1.21 bits per heavy atom. The molecule has 2 atom stereocenters. The molecule has 0 radical (unpaired) electrons. The van der Waals surface area contributed by atoms with E-state index >= 15 is 8.78 Å². The van der Waals surface area contributed by atoms with Gasteiger partial charge in [0.1, 0.15) is 15.7 Å². The largest absolute Gasteiger partial charge is 0.367 e. The summed E-state index contributed by atoms with van der Waals surface area (Å²) in [6.45, 7) is 1.18. The summed E-state index contributed by atoms with van der Waals surface area (Å²) in [4.78, 5) is 25.7. The average Bonchev–Trinajstić information content (AvgIpc) is 3.62. The topological polar surface area (TPSA) is 92.8 Å². The second-order valence-corrected chi connectivity index (χ2v) is 12.7. The molecule has 2 aliphatic heterocycles. The molecule has 1 aliphatic carbocycles. The van der Waals surface area contributed by atoms with Gasteiger partial charge >= 0.3 is 0 Å². The van der Waals surface area contributed by atoms with E-state index in [0.717, 1.165) is 12.8 Å². The fraction of sp³-hybridized carbons (Fsp3) is 0.419. The Balaban J connectivity index is 1.39. The van der Waals surface area contributed by atoms with Gasteiger partial charge in [-0.15, -0.1) is 0 Å². The van der Waals surface area contributed by atoms with Crippen LogP contribution in [0.4, 0.5) is 31.5 Å². The zero-order valence-electron chi connectivity index (χ0n) is 23.3. The van der Waals surface area contributed by atoms with Gasteiger partial charge in [-0.25, -0.2) is 8.78 Å². The van der Waals surface area contributed by atoms with Gasteiger partial charge in [-0.05, 0) is 79.3 Å². The summed E-state index contributed by atoms with van der Waals surface area (Å²) in [6, 6.07) is 10.5. The van der Waals surface area contributed by atoms with Crippen LogP contribution in [-0.2, 0) is 0 Å². The molecule has 2 saturated heterocycles. The van der Waals surface area contributed by atoms with E-state index in [-0.39, 0.29) is 32.8 Å². The molecule has 3 aromatic carbocycles. The van der Waals surface area contributed by atoms with Gasteiger partial charge in [0.15, 0.2) is 11.6 Å². The molecule has 3 fully saturated rings. The minimum Gasteiger partial charge on any atom is -0.367 e. The Labute approximate surface area is 257 Å². The smallest absolute Gasteiger partial charge is 0.288 e. The van der Waals surface area contributed by atoms with Crippen molar-refractivity contribution in [1.82, 2.24) is 0 Å². The molecule has 0 amide bonds. The van der Waals surface area contributed by atoms with Gasteiger partial charge in [-0.2, -0.15) is 0 Å². The summed E-state index contributed by atoms with van der Waals surface area (Å²) in [5, 5.41) is 23.2. The van der Waals surface area contributed by atoms with Crippen molar-refractivity contribution in [3.63, 3.8) is 0 Å². The van der Waals surface area contributed by atoms with Crippen LogP contribution in [0.5, 0.6) is 0 Å². The quantitative estimate of drug-likeness (QED) is 0.199. The highest BCUT2D eigenvalue weighted by Gasteiger charge is 2.40. The first kappa shape index (κ1) is 29.6. The lowest BCUT2D eigenvalue weighted by Crippen LogP contribution is -2.39. The summed E-state index contributed by atoms with van der Waals surface area (Å²) in [7, 11) is 0. The molecule has 0 N–H and O–H groups in total. The van der Waals surface area contributed by atoms with E-state index < -0.39 is 33.6 Å². The molecule has 12 heteroatoms. The predicted octanol–water partition coefficient (Wildman–Crippen LogP) is 9.33. The molecular formula is C31H30Cl2F2N4O4. The molecule has 0 aromatic heterocycles. The highest BCUT2D eigenvalue weighted by Crippen LogP contribution is 2.50. The minimum absolute atomic E-state index is 0.0227. The molecule has 2 heterocycles. The SMILES string of the molecule is O=[N+]([O-])c1cc(C2CCC(c3ccc(Cl)c([N+](=O)[O-])c3)N2c2cc(F)c(N3CCC4(CCCC4)CC3)c(F)c2)ccc1Cl. The third-order valence-electron chi connectivity index (χ3n) is 9.59. The highest BCUT2D eigenvalue weighted by molar-refractivity contribution is 6.33. The average molecular weight is 632 g/mol. The van der Waals surface area contributed by atoms with Crippen LogP contribution in [0.25, 0.3) is 0 Å². The second kappa shape index (κ2) is 11.5. The second-order valence-electron chi connectivity index (χ2n) is 11.9. The number of benzene rings is 3. The van der Waals surface area contributed by atoms with E-state index in [0.29, 0.717) is 42.5 Å². The number of rotatable bonds is 6. The van der Waals surface area contributed by atoms with Crippen molar-refractivity contribution in [2.75, 3.05) is 22.9 Å². The van der Waals surface area contributed by atoms with Crippen LogP contribution in [0.1, 0.15) is 74.6 Å². The summed E-state index contributed by atoms with van der Waals surface area (Å²) < 4.78 is 31.8. The molecule has 43 heavy (non-hydrogen) atoms. The Morgan fingerprint density at radius 1 is 0.744 bits per heavy atom. The van der Waals surface area contributed by atoms with Gasteiger partial charge in [-0.3, -0.25) is 20.2 Å². The van der Waals surface area contributed by atoms with Gasteiger partial charge in [0.25, 0.3) is 11.4 Å². The summed E-state index contributed by atoms with van der Waals surface area (Å²) >= 11 is 12.1. The number of nitrogens with zero attached hydrogens (tertiary/aromatic N) is 4. The third kappa shape index (κ3) is 5.51. The van der Waals surface area contributed by atoms with Gasteiger partial charge in [0.2, 0.25) is 0 Å². The standard InChI is InChI=1S/C31H30Cl2F2N4O4/c32-22-5-3-19(15-28(22)38(40)41)26-7-8-27(20-4-6-23(33)29(16-20)39(42)43)37(26)21-17-24(34)30(25(35)18-21)36-13-11-31(12-14-36)9-1-2-10-31/h3-6,15-18,26-27H,1-2,7-14H2. The number of anilines is 2. The van der Waals surface area contributed by atoms with Crippen molar-refractivity contribution in [3.8, 4) is 0 Å². The van der Waals surface area contributed by atoms with Crippen LogP contribution in [0.2, 0.25) is 10.0 Å². The van der Waals surface area contributed by atoms with Crippen LogP contribution in [0.3, 0.4) is 0 Å². The zero-order valence-corrected chi connectivity index (χ0v) is 24.8. The molecule has 3 aromatic rings. The minimum atomic E-state index is -0.689. The number of piperidine rings is 1. The fourth-order valence-electron chi connectivity index (χ4n) is 7.41. The van der Waals surface area contributed by atoms with E-state index in [1.54, 1.807) is 21.9 Å². The number of nitro groups is 2. The Bertz CT molecular complexity index is 1500. The Kier molecular flexibility index (Phi) is 7.93. The molecule has 8 nitrogen and oxygen atoms in total. The van der Waals surface area contributed by atoms with Crippen molar-refractivity contribution in [3.05, 3.63) is 102 Å². The monoisotopic (exact) mass is 630 g/mol. The zero-order chi connectivity index (χ0) is 30.5. The van der Waals surface area contributed by atoms with Crippen molar-refractivity contribution in [2.45, 2.75) is 63.5 Å². The Morgan fingerprint density at radius 3 is 1.65 bits per heavy atom. The van der Waals surface area contributed by atoms with Crippen LogP contribution in [-0.4, -0.2) is 22.9 Å². The molecule has 1 spiro atoms. The third-order valence-corrected chi connectivity index (χ3v) is 10.2. The van der Waals surface area contributed by atoms with Crippen molar-refractivity contribution in [1.29, 1.82) is 0 Å². The molecule has 226 valence electrons. The molecular weight excluding hydrogens is 601 g/mol. The van der Waals surface area contributed by atoms with Gasteiger partial charge in [-0.1, -0.05) is 48.2 Å². The number of hydrogen-bond donors (Lipinski definition) is 0.